The number of piperazine rings is 1. The zero-order chi connectivity index (χ0) is 23.8. The van der Waals surface area contributed by atoms with Gasteiger partial charge in [0.25, 0.3) is 0 Å². The number of aromatic nitrogens is 3. The van der Waals surface area contributed by atoms with E-state index in [1.165, 1.54) is 19.4 Å². The van der Waals surface area contributed by atoms with Crippen LogP contribution in [0.4, 0.5) is 17.2 Å². The Balaban J connectivity index is 1.39. The first-order valence-electron chi connectivity index (χ1n) is 12.2. The molecule has 0 bridgehead atoms. The average molecular weight is 491 g/mol. The third-order valence-corrected chi connectivity index (χ3v) is 7.75. The number of thiazole rings is 1. The lowest BCUT2D eigenvalue weighted by atomic mass is 10.1. The SMILES string of the molecule is COC[C@@H](C)Oc1cc(N2CCN3CCC[C@@H]3C2)cc2ncnc(Nc3ccc4ncsc4c3)c12. The number of ether oxygens (including phenoxy) is 2. The second-order valence-corrected chi connectivity index (χ2v) is 10.3. The van der Waals surface area contributed by atoms with Gasteiger partial charge in [0.15, 0.2) is 0 Å². The van der Waals surface area contributed by atoms with Crippen LogP contribution in [0.3, 0.4) is 0 Å². The van der Waals surface area contributed by atoms with Gasteiger partial charge < -0.3 is 19.7 Å². The molecule has 0 unspecified atom stereocenters. The first-order chi connectivity index (χ1) is 17.2. The Labute approximate surface area is 208 Å². The quantitative estimate of drug-likeness (QED) is 0.400. The summed E-state index contributed by atoms with van der Waals surface area (Å²) < 4.78 is 12.9. The molecule has 6 rings (SSSR count). The predicted molar refractivity (Wildman–Crippen MR) is 141 cm³/mol. The first-order valence-corrected chi connectivity index (χ1v) is 13.1. The van der Waals surface area contributed by atoms with Gasteiger partial charge in [-0.2, -0.15) is 0 Å². The van der Waals surface area contributed by atoms with Crippen LogP contribution >= 0.6 is 11.3 Å². The van der Waals surface area contributed by atoms with Crippen molar-refractivity contribution in [1.82, 2.24) is 19.9 Å². The van der Waals surface area contributed by atoms with Gasteiger partial charge in [-0.1, -0.05) is 0 Å². The summed E-state index contributed by atoms with van der Waals surface area (Å²) in [5.41, 5.74) is 5.84. The Hall–Kier alpha value is -3.01. The van der Waals surface area contributed by atoms with Gasteiger partial charge in [-0.15, -0.1) is 11.3 Å². The van der Waals surface area contributed by atoms with E-state index in [0.717, 1.165) is 63.7 Å². The van der Waals surface area contributed by atoms with Crippen LogP contribution in [-0.2, 0) is 4.74 Å². The maximum Gasteiger partial charge on any atom is 0.145 e. The van der Waals surface area contributed by atoms with Gasteiger partial charge >= 0.3 is 0 Å². The molecular weight excluding hydrogens is 460 g/mol. The van der Waals surface area contributed by atoms with Crippen molar-refractivity contribution in [3.05, 3.63) is 42.2 Å². The predicted octanol–water partition coefficient (Wildman–Crippen LogP) is 4.68. The number of fused-ring (bicyclic) bond motifs is 3. The van der Waals surface area contributed by atoms with Crippen molar-refractivity contribution in [1.29, 1.82) is 0 Å². The Morgan fingerprint density at radius 3 is 2.97 bits per heavy atom. The molecule has 0 amide bonds. The highest BCUT2D eigenvalue weighted by atomic mass is 32.1. The first kappa shape index (κ1) is 22.5. The molecule has 0 saturated carbocycles. The van der Waals surface area contributed by atoms with Gasteiger partial charge in [-0.05, 0) is 50.6 Å². The zero-order valence-corrected chi connectivity index (χ0v) is 20.9. The lowest BCUT2D eigenvalue weighted by Crippen LogP contribution is -2.50. The van der Waals surface area contributed by atoms with Gasteiger partial charge in [0, 0.05) is 50.2 Å². The lowest BCUT2D eigenvalue weighted by molar-refractivity contribution is 0.0931. The minimum absolute atomic E-state index is 0.105. The van der Waals surface area contributed by atoms with Gasteiger partial charge in [-0.25, -0.2) is 15.0 Å². The topological polar surface area (TPSA) is 75.6 Å². The van der Waals surface area contributed by atoms with E-state index in [9.17, 15) is 0 Å². The molecule has 2 aromatic carbocycles. The summed E-state index contributed by atoms with van der Waals surface area (Å²) in [6.45, 7) is 6.92. The smallest absolute Gasteiger partial charge is 0.145 e. The molecule has 0 spiro atoms. The largest absolute Gasteiger partial charge is 0.487 e. The number of methoxy groups -OCH3 is 1. The number of nitrogens with zero attached hydrogens (tertiary/aromatic N) is 5. The Morgan fingerprint density at radius 2 is 2.06 bits per heavy atom. The van der Waals surface area contributed by atoms with Crippen LogP contribution in [-0.4, -0.2) is 71.9 Å². The zero-order valence-electron chi connectivity index (χ0n) is 20.1. The number of benzene rings is 2. The van der Waals surface area contributed by atoms with Crippen LogP contribution in [0.5, 0.6) is 5.75 Å². The fourth-order valence-corrected chi connectivity index (χ4v) is 6.01. The van der Waals surface area contributed by atoms with Crippen LogP contribution in [0.25, 0.3) is 21.1 Å². The highest BCUT2D eigenvalue weighted by Gasteiger charge is 2.31. The van der Waals surface area contributed by atoms with E-state index < -0.39 is 0 Å². The average Bonchev–Trinajstić information content (AvgIpc) is 3.52. The standard InChI is InChI=1S/C26H30N6O2S/c1-17(14-33-2)34-23-12-20(32-9-8-31-7-3-4-19(31)13-32)11-22-25(23)26(28-15-27-22)30-18-5-6-21-24(10-18)35-16-29-21/h5-6,10-12,15-17,19H,3-4,7-9,13-14H2,1-2H3,(H,27,28,30)/t17-,19-/m1/s1. The molecule has 0 radical (unpaired) electrons. The van der Waals surface area contributed by atoms with Crippen molar-refractivity contribution in [3.8, 4) is 5.75 Å². The summed E-state index contributed by atoms with van der Waals surface area (Å²) in [6.07, 6.45) is 4.09. The highest BCUT2D eigenvalue weighted by Crippen LogP contribution is 2.38. The van der Waals surface area contributed by atoms with E-state index in [0.29, 0.717) is 12.6 Å². The van der Waals surface area contributed by atoms with Crippen molar-refractivity contribution >= 4 is 49.6 Å². The van der Waals surface area contributed by atoms with Gasteiger partial charge in [0.2, 0.25) is 0 Å². The minimum atomic E-state index is -0.105. The van der Waals surface area contributed by atoms with Gasteiger partial charge in [0.05, 0.1) is 33.2 Å². The molecule has 2 atom stereocenters. The molecule has 35 heavy (non-hydrogen) atoms. The second kappa shape index (κ2) is 9.56. The Bertz CT molecular complexity index is 1340. The van der Waals surface area contributed by atoms with E-state index in [-0.39, 0.29) is 6.10 Å². The lowest BCUT2D eigenvalue weighted by Gasteiger charge is -2.39. The third kappa shape index (κ3) is 4.51. The molecule has 0 aliphatic carbocycles. The van der Waals surface area contributed by atoms with Crippen molar-refractivity contribution in [2.24, 2.45) is 0 Å². The van der Waals surface area contributed by atoms with Crippen molar-refractivity contribution in [2.45, 2.75) is 31.9 Å². The van der Waals surface area contributed by atoms with E-state index in [1.807, 2.05) is 24.6 Å². The molecule has 4 heterocycles. The normalized spacial score (nSPS) is 19.3. The molecule has 2 fully saturated rings. The minimum Gasteiger partial charge on any atom is -0.487 e. The van der Waals surface area contributed by atoms with Crippen LogP contribution < -0.4 is 15.0 Å². The summed E-state index contributed by atoms with van der Waals surface area (Å²) >= 11 is 1.63. The number of hydrogen-bond donors (Lipinski definition) is 1. The summed E-state index contributed by atoms with van der Waals surface area (Å²) in [4.78, 5) is 18.7. The van der Waals surface area contributed by atoms with Crippen LogP contribution in [0.2, 0.25) is 0 Å². The third-order valence-electron chi connectivity index (χ3n) is 6.96. The van der Waals surface area contributed by atoms with Crippen LogP contribution in [0.1, 0.15) is 19.8 Å². The monoisotopic (exact) mass is 490 g/mol. The molecule has 1 N–H and O–H groups in total. The number of nitrogens with one attached hydrogen (secondary N) is 1. The summed E-state index contributed by atoms with van der Waals surface area (Å²) in [5, 5.41) is 4.38. The summed E-state index contributed by atoms with van der Waals surface area (Å²) in [5.74, 6) is 1.50. The molecule has 2 saturated heterocycles. The molecule has 9 heteroatoms. The fourth-order valence-electron chi connectivity index (χ4n) is 5.29. The van der Waals surface area contributed by atoms with Crippen LogP contribution in [0, 0.1) is 0 Å². The number of hydrogen-bond acceptors (Lipinski definition) is 9. The maximum atomic E-state index is 6.43. The second-order valence-electron chi connectivity index (χ2n) is 9.38. The van der Waals surface area contributed by atoms with Gasteiger partial charge in [-0.3, -0.25) is 4.90 Å². The summed E-state index contributed by atoms with van der Waals surface area (Å²) in [6, 6.07) is 11.1. The molecule has 4 aromatic rings. The van der Waals surface area contributed by atoms with Crippen molar-refractivity contribution in [2.75, 3.05) is 50.1 Å². The summed E-state index contributed by atoms with van der Waals surface area (Å²) in [7, 11) is 1.70. The molecule has 2 aliphatic rings. The number of rotatable bonds is 7. The molecule has 2 aromatic heterocycles. The van der Waals surface area contributed by atoms with E-state index in [4.69, 9.17) is 9.47 Å². The van der Waals surface area contributed by atoms with Crippen LogP contribution in [0.15, 0.2) is 42.2 Å². The fraction of sp³-hybridized carbons (Fsp3) is 0.423. The van der Waals surface area contributed by atoms with E-state index >= 15 is 0 Å². The molecule has 8 nitrogen and oxygen atoms in total. The maximum absolute atomic E-state index is 6.43. The molecule has 182 valence electrons. The highest BCUT2D eigenvalue weighted by molar-refractivity contribution is 7.16. The van der Waals surface area contributed by atoms with E-state index in [1.54, 1.807) is 24.8 Å². The number of anilines is 3. The molecular formula is C26H30N6O2S. The Morgan fingerprint density at radius 1 is 1.11 bits per heavy atom. The van der Waals surface area contributed by atoms with E-state index in [2.05, 4.69) is 48.3 Å². The molecule has 2 aliphatic heterocycles. The van der Waals surface area contributed by atoms with Gasteiger partial charge in [0.1, 0.15) is 24.0 Å². The van der Waals surface area contributed by atoms with Crippen molar-refractivity contribution in [3.63, 3.8) is 0 Å². The van der Waals surface area contributed by atoms with Crippen molar-refractivity contribution < 1.29 is 9.47 Å². The Kier molecular flexibility index (Phi) is 6.13.